The van der Waals surface area contributed by atoms with Crippen LogP contribution < -0.4 is 5.32 Å². The summed E-state index contributed by atoms with van der Waals surface area (Å²) in [4.78, 5) is 21.8. The van der Waals surface area contributed by atoms with Crippen molar-refractivity contribution in [2.45, 2.75) is 6.42 Å². The maximum absolute atomic E-state index is 12.0. The van der Waals surface area contributed by atoms with E-state index >= 15 is 0 Å². The van der Waals surface area contributed by atoms with Crippen LogP contribution >= 0.6 is 11.3 Å². The fourth-order valence-corrected chi connectivity index (χ4v) is 3.12. The lowest BCUT2D eigenvalue weighted by molar-refractivity contribution is 0.0906. The van der Waals surface area contributed by atoms with Crippen molar-refractivity contribution in [3.63, 3.8) is 0 Å². The highest BCUT2D eigenvalue weighted by Crippen LogP contribution is 2.21. The summed E-state index contributed by atoms with van der Waals surface area (Å²) in [5, 5.41) is 8.61. The number of hydrogen-bond donors (Lipinski definition) is 1. The van der Waals surface area contributed by atoms with Gasteiger partial charge in [-0.15, -0.1) is 11.3 Å². The topological polar surface area (TPSA) is 74.5 Å². The summed E-state index contributed by atoms with van der Waals surface area (Å²) in [5.41, 5.74) is 0. The molecule has 23 heavy (non-hydrogen) atoms. The molecule has 2 aromatic rings. The van der Waals surface area contributed by atoms with Gasteiger partial charge >= 0.3 is 11.8 Å². The van der Waals surface area contributed by atoms with E-state index in [0.717, 1.165) is 44.0 Å². The van der Waals surface area contributed by atoms with Gasteiger partial charge in [-0.25, -0.2) is 0 Å². The molecule has 0 unspecified atom stereocenters. The maximum atomic E-state index is 12.0. The molecule has 0 spiro atoms. The largest absolute Gasteiger partial charge is 0.348 e. The van der Waals surface area contributed by atoms with Crippen LogP contribution in [0.3, 0.4) is 0 Å². The van der Waals surface area contributed by atoms with Gasteiger partial charge in [-0.05, 0) is 31.5 Å². The SMILES string of the molecule is CN1CCN(CCCNC(=O)c2nc(-c3cccs3)no2)CC1. The molecule has 8 heteroatoms. The van der Waals surface area contributed by atoms with Crippen molar-refractivity contribution >= 4 is 17.2 Å². The lowest BCUT2D eigenvalue weighted by atomic mass is 10.3. The van der Waals surface area contributed by atoms with Crippen LogP contribution in [0.4, 0.5) is 0 Å². The Morgan fingerprint density at radius 2 is 2.22 bits per heavy atom. The molecule has 0 aliphatic carbocycles. The van der Waals surface area contributed by atoms with E-state index in [2.05, 4.69) is 32.3 Å². The molecule has 124 valence electrons. The van der Waals surface area contributed by atoms with Crippen LogP contribution in [0.2, 0.25) is 0 Å². The number of hydrogen-bond acceptors (Lipinski definition) is 7. The van der Waals surface area contributed by atoms with Gasteiger partial charge in [0.2, 0.25) is 5.82 Å². The third kappa shape index (κ3) is 4.37. The summed E-state index contributed by atoms with van der Waals surface area (Å²) < 4.78 is 5.03. The molecule has 1 amide bonds. The second kappa shape index (κ2) is 7.67. The van der Waals surface area contributed by atoms with Gasteiger partial charge < -0.3 is 19.6 Å². The molecule has 3 heterocycles. The Balaban J connectivity index is 1.40. The number of aromatic nitrogens is 2. The average Bonchev–Trinajstić information content (AvgIpc) is 3.23. The lowest BCUT2D eigenvalue weighted by Crippen LogP contribution is -2.45. The van der Waals surface area contributed by atoms with Gasteiger partial charge in [-0.3, -0.25) is 4.79 Å². The third-order valence-corrected chi connectivity index (χ3v) is 4.76. The summed E-state index contributed by atoms with van der Waals surface area (Å²) in [7, 11) is 2.15. The molecule has 0 aromatic carbocycles. The zero-order chi connectivity index (χ0) is 16.1. The highest BCUT2D eigenvalue weighted by atomic mass is 32.1. The van der Waals surface area contributed by atoms with Gasteiger partial charge in [0.15, 0.2) is 0 Å². The van der Waals surface area contributed by atoms with Gasteiger partial charge in [0, 0.05) is 32.7 Å². The Hall–Kier alpha value is -1.77. The quantitative estimate of drug-likeness (QED) is 0.799. The summed E-state index contributed by atoms with van der Waals surface area (Å²) >= 11 is 1.51. The number of carbonyl (C=O) groups excluding carboxylic acids is 1. The first-order valence-corrected chi connectivity index (χ1v) is 8.67. The molecule has 0 bridgehead atoms. The maximum Gasteiger partial charge on any atom is 0.316 e. The van der Waals surface area contributed by atoms with Crippen molar-refractivity contribution in [1.82, 2.24) is 25.3 Å². The number of amides is 1. The van der Waals surface area contributed by atoms with Crippen molar-refractivity contribution in [1.29, 1.82) is 0 Å². The van der Waals surface area contributed by atoms with E-state index in [1.807, 2.05) is 17.5 Å². The van der Waals surface area contributed by atoms with Crippen LogP contribution in [0.1, 0.15) is 17.1 Å². The third-order valence-electron chi connectivity index (χ3n) is 3.89. The molecular weight excluding hydrogens is 314 g/mol. The van der Waals surface area contributed by atoms with Crippen molar-refractivity contribution < 1.29 is 9.32 Å². The fourth-order valence-electron chi connectivity index (χ4n) is 2.47. The molecule has 1 aliphatic heterocycles. The molecule has 1 saturated heterocycles. The van der Waals surface area contributed by atoms with Crippen LogP contribution in [0.5, 0.6) is 0 Å². The van der Waals surface area contributed by atoms with E-state index in [1.165, 1.54) is 11.3 Å². The smallest absolute Gasteiger partial charge is 0.316 e. The minimum Gasteiger partial charge on any atom is -0.348 e. The van der Waals surface area contributed by atoms with Crippen molar-refractivity contribution in [2.24, 2.45) is 0 Å². The minimum absolute atomic E-state index is 0.0213. The van der Waals surface area contributed by atoms with E-state index in [9.17, 15) is 4.79 Å². The first-order valence-electron chi connectivity index (χ1n) is 7.79. The molecule has 1 aliphatic rings. The van der Waals surface area contributed by atoms with Gasteiger partial charge in [-0.1, -0.05) is 11.2 Å². The van der Waals surface area contributed by atoms with E-state index < -0.39 is 0 Å². The highest BCUT2D eigenvalue weighted by molar-refractivity contribution is 7.13. The monoisotopic (exact) mass is 335 g/mol. The Morgan fingerprint density at radius 1 is 1.39 bits per heavy atom. The molecule has 0 atom stereocenters. The normalized spacial score (nSPS) is 16.6. The van der Waals surface area contributed by atoms with Crippen LogP contribution in [0, 0.1) is 0 Å². The summed E-state index contributed by atoms with van der Waals surface area (Å²) in [6.07, 6.45) is 0.918. The number of rotatable bonds is 6. The van der Waals surface area contributed by atoms with E-state index in [4.69, 9.17) is 4.52 Å². The Kier molecular flexibility index (Phi) is 5.37. The van der Waals surface area contributed by atoms with Gasteiger partial charge in [0.1, 0.15) is 0 Å². The second-order valence-corrected chi connectivity index (χ2v) is 6.60. The Labute approximate surface area is 139 Å². The van der Waals surface area contributed by atoms with Crippen LogP contribution in [-0.4, -0.2) is 72.2 Å². The number of carbonyl (C=O) groups is 1. The van der Waals surface area contributed by atoms with Gasteiger partial charge in [0.25, 0.3) is 0 Å². The zero-order valence-electron chi connectivity index (χ0n) is 13.2. The molecule has 0 radical (unpaired) electrons. The summed E-state index contributed by atoms with van der Waals surface area (Å²) in [5.74, 6) is 0.175. The highest BCUT2D eigenvalue weighted by Gasteiger charge is 2.17. The molecule has 7 nitrogen and oxygen atoms in total. The number of nitrogens with zero attached hydrogens (tertiary/aromatic N) is 4. The number of nitrogens with one attached hydrogen (secondary N) is 1. The summed E-state index contributed by atoms with van der Waals surface area (Å²) in [6.45, 7) is 6.02. The minimum atomic E-state index is -0.307. The Bertz CT molecular complexity index is 620. The second-order valence-electron chi connectivity index (χ2n) is 5.65. The number of piperazine rings is 1. The predicted octanol–water partition coefficient (Wildman–Crippen LogP) is 1.17. The number of likely N-dealkylation sites (N-methyl/N-ethyl adjacent to an activating group) is 1. The first-order chi connectivity index (χ1) is 11.2. The first kappa shape index (κ1) is 16.1. The van der Waals surface area contributed by atoms with Crippen molar-refractivity contribution in [2.75, 3.05) is 46.3 Å². The van der Waals surface area contributed by atoms with Crippen LogP contribution in [-0.2, 0) is 0 Å². The number of thiophene rings is 1. The van der Waals surface area contributed by atoms with Crippen LogP contribution in [0.25, 0.3) is 10.7 Å². The van der Waals surface area contributed by atoms with Gasteiger partial charge in [-0.2, -0.15) is 4.98 Å². The predicted molar refractivity (Wildman–Crippen MR) is 88.5 cm³/mol. The lowest BCUT2D eigenvalue weighted by Gasteiger charge is -2.32. The van der Waals surface area contributed by atoms with E-state index in [-0.39, 0.29) is 11.8 Å². The van der Waals surface area contributed by atoms with Crippen LogP contribution in [0.15, 0.2) is 22.0 Å². The standard InChI is InChI=1S/C15H21N5O2S/c1-19-7-9-20(10-8-19)6-3-5-16-14(21)15-17-13(18-22-15)12-4-2-11-23-12/h2,4,11H,3,5-10H2,1H3,(H,16,21). The average molecular weight is 335 g/mol. The summed E-state index contributed by atoms with van der Waals surface area (Å²) in [6, 6.07) is 3.81. The van der Waals surface area contributed by atoms with E-state index in [0.29, 0.717) is 12.4 Å². The van der Waals surface area contributed by atoms with E-state index in [1.54, 1.807) is 0 Å². The van der Waals surface area contributed by atoms with Crippen molar-refractivity contribution in [3.05, 3.63) is 23.4 Å². The molecular formula is C15H21N5O2S. The fraction of sp³-hybridized carbons (Fsp3) is 0.533. The Morgan fingerprint density at radius 3 is 2.96 bits per heavy atom. The molecule has 1 fully saturated rings. The molecule has 2 aromatic heterocycles. The molecule has 1 N–H and O–H groups in total. The van der Waals surface area contributed by atoms with Gasteiger partial charge in [0.05, 0.1) is 4.88 Å². The molecule has 0 saturated carbocycles. The van der Waals surface area contributed by atoms with Crippen molar-refractivity contribution in [3.8, 4) is 10.7 Å². The zero-order valence-corrected chi connectivity index (χ0v) is 14.0. The molecule has 3 rings (SSSR count).